The largest absolute Gasteiger partial charge is 0.0874 e. The van der Waals surface area contributed by atoms with E-state index in [2.05, 4.69) is 26.0 Å². The highest BCUT2D eigenvalue weighted by molar-refractivity contribution is 5.25. The van der Waals surface area contributed by atoms with Crippen molar-refractivity contribution in [2.75, 3.05) is 0 Å². The van der Waals surface area contributed by atoms with Crippen LogP contribution in [0.4, 0.5) is 0 Å². The summed E-state index contributed by atoms with van der Waals surface area (Å²) in [5, 5.41) is 0. The zero-order valence-corrected chi connectivity index (χ0v) is 11.0. The third kappa shape index (κ3) is 6.94. The van der Waals surface area contributed by atoms with Gasteiger partial charge in [0.15, 0.2) is 0 Å². The zero-order chi connectivity index (χ0) is 11.4. The molecular weight excluding hydrogens is 168 g/mol. The van der Waals surface area contributed by atoms with Crippen molar-refractivity contribution in [3.8, 4) is 0 Å². The molecule has 1 aliphatic rings. The molecule has 0 aliphatic heterocycles. The lowest BCUT2D eigenvalue weighted by molar-refractivity contribution is 0.683. The van der Waals surface area contributed by atoms with Crippen molar-refractivity contribution < 1.29 is 0 Å². The Morgan fingerprint density at radius 3 is 1.86 bits per heavy atom. The Morgan fingerprint density at radius 2 is 1.43 bits per heavy atom. The van der Waals surface area contributed by atoms with Crippen LogP contribution in [0.3, 0.4) is 0 Å². The van der Waals surface area contributed by atoms with Gasteiger partial charge < -0.3 is 0 Å². The van der Waals surface area contributed by atoms with Gasteiger partial charge >= 0.3 is 0 Å². The summed E-state index contributed by atoms with van der Waals surface area (Å²) in [7, 11) is 0. The second kappa shape index (κ2) is 12.5. The zero-order valence-electron chi connectivity index (χ0n) is 11.0. The molecule has 1 rings (SSSR count). The predicted molar refractivity (Wildman–Crippen MR) is 68.7 cm³/mol. The third-order valence-corrected chi connectivity index (χ3v) is 2.16. The lowest BCUT2D eigenvalue weighted by Gasteiger charge is -2.13. The first-order valence-corrected chi connectivity index (χ1v) is 6.16. The van der Waals surface area contributed by atoms with Gasteiger partial charge in [-0.15, -0.1) is 0 Å². The summed E-state index contributed by atoms with van der Waals surface area (Å²) >= 11 is 0. The second-order valence-corrected chi connectivity index (χ2v) is 3.01. The Hall–Kier alpha value is -0.520. The molecule has 0 aromatic heterocycles. The van der Waals surface area contributed by atoms with Crippen LogP contribution in [-0.4, -0.2) is 0 Å². The molecule has 0 aromatic carbocycles. The molecule has 0 nitrogen and oxygen atoms in total. The van der Waals surface area contributed by atoms with Crippen molar-refractivity contribution in [2.45, 2.75) is 67.2 Å². The van der Waals surface area contributed by atoms with Gasteiger partial charge in [0, 0.05) is 0 Å². The van der Waals surface area contributed by atoms with Gasteiger partial charge in [0.05, 0.1) is 0 Å². The fourth-order valence-electron chi connectivity index (χ4n) is 1.51. The van der Waals surface area contributed by atoms with E-state index >= 15 is 0 Å². The molecule has 0 amide bonds. The molecule has 0 aromatic rings. The van der Waals surface area contributed by atoms with Crippen LogP contribution in [0.5, 0.6) is 0 Å². The lowest BCUT2D eigenvalue weighted by Crippen LogP contribution is -1.94. The summed E-state index contributed by atoms with van der Waals surface area (Å²) in [6.45, 7) is 12.4. The fraction of sp³-hybridized carbons (Fsp3) is 0.714. The molecule has 0 spiro atoms. The van der Waals surface area contributed by atoms with E-state index in [1.165, 1.54) is 25.7 Å². The molecule has 0 fully saturated rings. The fourth-order valence-corrected chi connectivity index (χ4v) is 1.51. The average molecular weight is 196 g/mol. The van der Waals surface area contributed by atoms with Crippen LogP contribution in [0.15, 0.2) is 23.3 Å². The highest BCUT2D eigenvalue weighted by Crippen LogP contribution is 2.24. The van der Waals surface area contributed by atoms with Gasteiger partial charge in [-0.1, -0.05) is 45.4 Å². The molecule has 0 unspecified atom stereocenters. The van der Waals surface area contributed by atoms with E-state index in [4.69, 9.17) is 0 Å². The molecule has 1 aliphatic carbocycles. The van der Waals surface area contributed by atoms with Crippen LogP contribution in [0, 0.1) is 0 Å². The minimum Gasteiger partial charge on any atom is -0.0874 e. The molecule has 0 bridgehead atoms. The minimum atomic E-state index is 1.30. The molecule has 84 valence electrons. The first kappa shape index (κ1) is 15.9. The van der Waals surface area contributed by atoms with Gasteiger partial charge in [-0.2, -0.15) is 0 Å². The van der Waals surface area contributed by atoms with Crippen molar-refractivity contribution >= 4 is 0 Å². The number of hydrogen-bond donors (Lipinski definition) is 0. The standard InChI is InChI=1S/C10H16.2C2H6/c1-3-6-10-8-5-4-7-9(10)2;2*1-2/h3,6H,4-5,7-8H2,1-2H3;2*1-2H3/b6-3-;;. The van der Waals surface area contributed by atoms with E-state index in [0.29, 0.717) is 0 Å². The maximum absolute atomic E-state index is 2.26. The Morgan fingerprint density at radius 1 is 0.929 bits per heavy atom. The Kier molecular flexibility index (Phi) is 14.2. The lowest BCUT2D eigenvalue weighted by atomic mass is 9.93. The number of rotatable bonds is 1. The van der Waals surface area contributed by atoms with E-state index in [9.17, 15) is 0 Å². The normalized spacial score (nSPS) is 15.6. The molecule has 14 heavy (non-hydrogen) atoms. The van der Waals surface area contributed by atoms with Crippen molar-refractivity contribution in [1.82, 2.24) is 0 Å². The van der Waals surface area contributed by atoms with Crippen LogP contribution < -0.4 is 0 Å². The highest BCUT2D eigenvalue weighted by Gasteiger charge is 2.04. The van der Waals surface area contributed by atoms with Crippen molar-refractivity contribution in [1.29, 1.82) is 0 Å². The van der Waals surface area contributed by atoms with E-state index in [1.54, 1.807) is 11.1 Å². The van der Waals surface area contributed by atoms with Crippen LogP contribution in [0.1, 0.15) is 67.2 Å². The Balaban J connectivity index is 0. The predicted octanol–water partition coefficient (Wildman–Crippen LogP) is 5.51. The molecule has 0 N–H and O–H groups in total. The van der Waals surface area contributed by atoms with Crippen LogP contribution in [-0.2, 0) is 0 Å². The first-order valence-electron chi connectivity index (χ1n) is 6.16. The summed E-state index contributed by atoms with van der Waals surface area (Å²) in [6, 6.07) is 0. The molecule has 0 heteroatoms. The van der Waals surface area contributed by atoms with Gasteiger partial charge in [-0.05, 0) is 45.1 Å². The van der Waals surface area contributed by atoms with E-state index in [0.717, 1.165) is 0 Å². The molecular formula is C14H28. The summed E-state index contributed by atoms with van der Waals surface area (Å²) in [4.78, 5) is 0. The molecule has 0 heterocycles. The van der Waals surface area contributed by atoms with Gasteiger partial charge in [0.2, 0.25) is 0 Å². The molecule has 0 saturated carbocycles. The molecule has 0 radical (unpaired) electrons. The van der Waals surface area contributed by atoms with Crippen molar-refractivity contribution in [3.05, 3.63) is 23.3 Å². The summed E-state index contributed by atoms with van der Waals surface area (Å²) in [6.07, 6.45) is 9.80. The van der Waals surface area contributed by atoms with Gasteiger partial charge in [0.25, 0.3) is 0 Å². The Labute approximate surface area is 91.1 Å². The monoisotopic (exact) mass is 196 g/mol. The van der Waals surface area contributed by atoms with Crippen molar-refractivity contribution in [2.24, 2.45) is 0 Å². The number of allylic oxidation sites excluding steroid dienone is 4. The topological polar surface area (TPSA) is 0 Å². The summed E-state index contributed by atoms with van der Waals surface area (Å²) in [5.74, 6) is 0. The van der Waals surface area contributed by atoms with Gasteiger partial charge in [-0.3, -0.25) is 0 Å². The number of hydrogen-bond acceptors (Lipinski definition) is 0. The van der Waals surface area contributed by atoms with Gasteiger partial charge in [-0.25, -0.2) is 0 Å². The molecule has 0 saturated heterocycles. The summed E-state index contributed by atoms with van der Waals surface area (Å²) in [5.41, 5.74) is 3.18. The van der Waals surface area contributed by atoms with E-state index < -0.39 is 0 Å². The van der Waals surface area contributed by atoms with Crippen LogP contribution >= 0.6 is 0 Å². The summed E-state index contributed by atoms with van der Waals surface area (Å²) < 4.78 is 0. The van der Waals surface area contributed by atoms with Crippen LogP contribution in [0.25, 0.3) is 0 Å². The SMILES string of the molecule is C/C=C\C1=C(C)CCCC1.CC.CC. The third-order valence-electron chi connectivity index (χ3n) is 2.16. The van der Waals surface area contributed by atoms with Crippen molar-refractivity contribution in [3.63, 3.8) is 0 Å². The highest BCUT2D eigenvalue weighted by atomic mass is 14.1. The quantitative estimate of drug-likeness (QED) is 0.519. The average Bonchev–Trinajstić information content (AvgIpc) is 2.28. The second-order valence-electron chi connectivity index (χ2n) is 3.01. The maximum atomic E-state index is 2.26. The van der Waals surface area contributed by atoms with E-state index in [1.807, 2.05) is 27.7 Å². The molecule has 0 atom stereocenters. The van der Waals surface area contributed by atoms with Crippen LogP contribution in [0.2, 0.25) is 0 Å². The minimum absolute atomic E-state index is 1.30. The maximum Gasteiger partial charge on any atom is -0.0279 e. The smallest absolute Gasteiger partial charge is 0.0279 e. The Bertz CT molecular complexity index is 161. The van der Waals surface area contributed by atoms with E-state index in [-0.39, 0.29) is 0 Å². The first-order chi connectivity index (χ1) is 6.84. The van der Waals surface area contributed by atoms with Gasteiger partial charge in [0.1, 0.15) is 0 Å².